The highest BCUT2D eigenvalue weighted by Gasteiger charge is 2.12. The van der Waals surface area contributed by atoms with Gasteiger partial charge < -0.3 is 9.47 Å². The van der Waals surface area contributed by atoms with Gasteiger partial charge in [-0.25, -0.2) is 5.43 Å². The Labute approximate surface area is 198 Å². The first-order valence-corrected chi connectivity index (χ1v) is 11.3. The van der Waals surface area contributed by atoms with Gasteiger partial charge in [0.05, 0.1) is 23.7 Å². The van der Waals surface area contributed by atoms with Gasteiger partial charge in [-0.05, 0) is 63.8 Å². The molecule has 1 amide bonds. The van der Waals surface area contributed by atoms with Crippen molar-refractivity contribution in [2.75, 3.05) is 6.61 Å². The van der Waals surface area contributed by atoms with Crippen LogP contribution in [-0.2, 0) is 17.8 Å². The predicted molar refractivity (Wildman–Crippen MR) is 130 cm³/mol. The Morgan fingerprint density at radius 3 is 2.45 bits per heavy atom. The highest BCUT2D eigenvalue weighted by Crippen LogP contribution is 2.37. The van der Waals surface area contributed by atoms with Gasteiger partial charge >= 0.3 is 0 Å². The van der Waals surface area contributed by atoms with Crippen LogP contribution in [-0.4, -0.2) is 18.7 Å². The minimum atomic E-state index is -0.189. The summed E-state index contributed by atoms with van der Waals surface area (Å²) in [4.78, 5) is 12.1. The third-order valence-corrected chi connectivity index (χ3v) is 5.36. The summed E-state index contributed by atoms with van der Waals surface area (Å²) in [5.41, 5.74) is 5.31. The van der Waals surface area contributed by atoms with E-state index >= 15 is 0 Å². The van der Waals surface area contributed by atoms with E-state index in [1.807, 2.05) is 73.7 Å². The van der Waals surface area contributed by atoms with E-state index in [9.17, 15) is 4.79 Å². The van der Waals surface area contributed by atoms with E-state index < -0.39 is 0 Å². The van der Waals surface area contributed by atoms with Gasteiger partial charge in [0.25, 0.3) is 0 Å². The minimum Gasteiger partial charge on any atom is -0.490 e. The molecule has 0 unspecified atom stereocenters. The van der Waals surface area contributed by atoms with Crippen LogP contribution in [0.25, 0.3) is 0 Å². The van der Waals surface area contributed by atoms with Gasteiger partial charge in [-0.3, -0.25) is 4.79 Å². The summed E-state index contributed by atoms with van der Waals surface area (Å²) < 4.78 is 13.5. The molecule has 1 N–H and O–H groups in total. The average Bonchev–Trinajstić information content (AvgIpc) is 2.76. The molecular formula is C24H22Br2N2O3. The van der Waals surface area contributed by atoms with Gasteiger partial charge in [0, 0.05) is 4.47 Å². The first-order chi connectivity index (χ1) is 15.0. The van der Waals surface area contributed by atoms with E-state index in [2.05, 4.69) is 42.4 Å². The molecule has 0 aliphatic rings. The van der Waals surface area contributed by atoms with E-state index in [1.165, 1.54) is 0 Å². The third-order valence-electron chi connectivity index (χ3n) is 4.24. The van der Waals surface area contributed by atoms with E-state index in [4.69, 9.17) is 9.47 Å². The topological polar surface area (TPSA) is 59.9 Å². The summed E-state index contributed by atoms with van der Waals surface area (Å²) in [6.07, 6.45) is 1.83. The number of nitrogens with one attached hydrogen (secondary N) is 1. The number of halogens is 2. The molecule has 3 rings (SSSR count). The molecule has 0 fully saturated rings. The van der Waals surface area contributed by atoms with E-state index in [1.54, 1.807) is 6.21 Å². The van der Waals surface area contributed by atoms with Crippen LogP contribution in [0.4, 0.5) is 0 Å². The highest BCUT2D eigenvalue weighted by molar-refractivity contribution is 9.10. The number of carbonyl (C=O) groups is 1. The number of carbonyl (C=O) groups excluding carboxylic acids is 1. The van der Waals surface area contributed by atoms with Crippen molar-refractivity contribution in [3.05, 3.63) is 92.4 Å². The van der Waals surface area contributed by atoms with Crippen molar-refractivity contribution in [3.63, 3.8) is 0 Å². The van der Waals surface area contributed by atoms with E-state index in [-0.39, 0.29) is 12.3 Å². The number of rotatable bonds is 9. The van der Waals surface area contributed by atoms with Gasteiger partial charge in [0.2, 0.25) is 5.91 Å². The Bertz CT molecular complexity index is 1040. The maximum atomic E-state index is 12.1. The van der Waals surface area contributed by atoms with E-state index in [0.29, 0.717) is 24.7 Å². The molecule has 0 aliphatic carbocycles. The molecule has 0 saturated heterocycles. The maximum absolute atomic E-state index is 12.1. The lowest BCUT2D eigenvalue weighted by atomic mass is 10.1. The smallest absolute Gasteiger partial charge is 0.244 e. The van der Waals surface area contributed by atoms with Gasteiger partial charge in [0.1, 0.15) is 6.61 Å². The van der Waals surface area contributed by atoms with Gasteiger partial charge in [-0.15, -0.1) is 0 Å². The molecule has 0 spiro atoms. The molecule has 31 heavy (non-hydrogen) atoms. The van der Waals surface area contributed by atoms with Crippen molar-refractivity contribution in [2.45, 2.75) is 20.0 Å². The molecule has 160 valence electrons. The summed E-state index contributed by atoms with van der Waals surface area (Å²) in [6.45, 7) is 2.84. The zero-order valence-corrected chi connectivity index (χ0v) is 20.1. The largest absolute Gasteiger partial charge is 0.490 e. The zero-order valence-electron chi connectivity index (χ0n) is 17.0. The first-order valence-electron chi connectivity index (χ1n) is 9.74. The summed E-state index contributed by atoms with van der Waals surface area (Å²) >= 11 is 6.94. The molecule has 3 aromatic carbocycles. The molecule has 0 aliphatic heterocycles. The first kappa shape index (κ1) is 23.0. The predicted octanol–water partition coefficient (Wildman–Crippen LogP) is 5.88. The quantitative estimate of drug-likeness (QED) is 0.270. The standard InChI is InChI=1S/C24H22Br2N2O3/c1-2-30-22-13-19(12-21(26)24(22)31-16-18-6-4-3-5-7-18)15-27-28-23(29)14-17-8-10-20(25)11-9-17/h3-13,15H,2,14,16H2,1H3,(H,28,29)/b27-15-. The molecule has 0 atom stereocenters. The molecule has 3 aromatic rings. The number of hydrogen-bond acceptors (Lipinski definition) is 4. The molecule has 0 aromatic heterocycles. The van der Waals surface area contributed by atoms with Crippen LogP contribution in [0.15, 0.2) is 80.8 Å². The second-order valence-corrected chi connectivity index (χ2v) is 8.40. The van der Waals surface area contributed by atoms with Crippen LogP contribution >= 0.6 is 31.9 Å². The molecule has 7 heteroatoms. The Morgan fingerprint density at radius 1 is 1.00 bits per heavy atom. The van der Waals surface area contributed by atoms with Crippen molar-refractivity contribution < 1.29 is 14.3 Å². The van der Waals surface area contributed by atoms with Crippen LogP contribution in [0.1, 0.15) is 23.6 Å². The SMILES string of the molecule is CCOc1cc(/C=N\NC(=O)Cc2ccc(Br)cc2)cc(Br)c1OCc1ccccc1. The van der Waals surface area contributed by atoms with Gasteiger partial charge in [-0.2, -0.15) is 5.10 Å². The number of nitrogens with zero attached hydrogens (tertiary/aromatic N) is 1. The van der Waals surface area contributed by atoms with E-state index in [0.717, 1.165) is 25.6 Å². The fourth-order valence-corrected chi connectivity index (χ4v) is 3.64. The van der Waals surface area contributed by atoms with Gasteiger partial charge in [-0.1, -0.05) is 58.4 Å². The van der Waals surface area contributed by atoms with Crippen LogP contribution in [0, 0.1) is 0 Å². The maximum Gasteiger partial charge on any atom is 0.244 e. The van der Waals surface area contributed by atoms with Crippen molar-refractivity contribution in [1.29, 1.82) is 0 Å². The third kappa shape index (κ3) is 7.22. The molecular weight excluding hydrogens is 524 g/mol. The van der Waals surface area contributed by atoms with Crippen LogP contribution in [0.5, 0.6) is 11.5 Å². The van der Waals surface area contributed by atoms with Gasteiger partial charge in [0.15, 0.2) is 11.5 Å². The monoisotopic (exact) mass is 544 g/mol. The number of hydrogen-bond donors (Lipinski definition) is 1. The van der Waals surface area contributed by atoms with Crippen LogP contribution in [0.2, 0.25) is 0 Å². The fourth-order valence-electron chi connectivity index (χ4n) is 2.80. The zero-order chi connectivity index (χ0) is 22.1. The van der Waals surface area contributed by atoms with Crippen molar-refractivity contribution in [2.24, 2.45) is 5.10 Å². The Hall–Kier alpha value is -2.64. The second-order valence-electron chi connectivity index (χ2n) is 6.63. The lowest BCUT2D eigenvalue weighted by Gasteiger charge is -2.14. The lowest BCUT2D eigenvalue weighted by Crippen LogP contribution is -2.19. The molecule has 0 radical (unpaired) electrons. The molecule has 0 saturated carbocycles. The van der Waals surface area contributed by atoms with Crippen molar-refractivity contribution in [1.82, 2.24) is 5.43 Å². The molecule has 5 nitrogen and oxygen atoms in total. The summed E-state index contributed by atoms with van der Waals surface area (Å²) in [5, 5.41) is 4.07. The Morgan fingerprint density at radius 2 is 1.74 bits per heavy atom. The Balaban J connectivity index is 1.65. The summed E-state index contributed by atoms with van der Waals surface area (Å²) in [7, 11) is 0. The molecule has 0 heterocycles. The number of amides is 1. The second kappa shape index (κ2) is 11.7. The van der Waals surface area contributed by atoms with Crippen LogP contribution < -0.4 is 14.9 Å². The molecule has 0 bridgehead atoms. The number of ether oxygens (including phenoxy) is 2. The summed E-state index contributed by atoms with van der Waals surface area (Å²) in [5.74, 6) is 1.04. The minimum absolute atomic E-state index is 0.189. The van der Waals surface area contributed by atoms with Crippen molar-refractivity contribution >= 4 is 44.0 Å². The summed E-state index contributed by atoms with van der Waals surface area (Å²) in [6, 6.07) is 21.2. The van der Waals surface area contributed by atoms with Crippen molar-refractivity contribution in [3.8, 4) is 11.5 Å². The average molecular weight is 546 g/mol. The lowest BCUT2D eigenvalue weighted by molar-refractivity contribution is -0.120. The normalized spacial score (nSPS) is 10.8. The van der Waals surface area contributed by atoms with Crippen LogP contribution in [0.3, 0.4) is 0 Å². The number of hydrazone groups is 1. The highest BCUT2D eigenvalue weighted by atomic mass is 79.9. The number of benzene rings is 3. The Kier molecular flexibility index (Phi) is 8.67. The fraction of sp³-hybridized carbons (Fsp3) is 0.167.